The minimum Gasteiger partial charge on any atom is -0.354 e. The lowest BCUT2D eigenvalue weighted by Crippen LogP contribution is -2.48. The number of hydrogen-bond donors (Lipinski definition) is 1. The highest BCUT2D eigenvalue weighted by Gasteiger charge is 2.26. The molecule has 0 aliphatic carbocycles. The van der Waals surface area contributed by atoms with Crippen LogP contribution in [0.2, 0.25) is 15.1 Å². The van der Waals surface area contributed by atoms with E-state index < -0.39 is 6.04 Å². The van der Waals surface area contributed by atoms with Crippen molar-refractivity contribution in [2.75, 3.05) is 12.3 Å². The quantitative estimate of drug-likeness (QED) is 0.459. The van der Waals surface area contributed by atoms with Gasteiger partial charge in [0.1, 0.15) is 6.04 Å². The van der Waals surface area contributed by atoms with Crippen LogP contribution in [0.15, 0.2) is 42.5 Å². The van der Waals surface area contributed by atoms with Crippen LogP contribution in [0.3, 0.4) is 0 Å². The fraction of sp³-hybridized carbons (Fsp3) is 0.364. The predicted octanol–water partition coefficient (Wildman–Crippen LogP) is 5.82. The van der Waals surface area contributed by atoms with Crippen LogP contribution >= 0.6 is 46.6 Å². The molecule has 2 amide bonds. The van der Waals surface area contributed by atoms with Gasteiger partial charge >= 0.3 is 0 Å². The van der Waals surface area contributed by atoms with E-state index in [0.29, 0.717) is 33.9 Å². The second kappa shape index (κ2) is 12.5. The van der Waals surface area contributed by atoms with E-state index in [4.69, 9.17) is 34.8 Å². The van der Waals surface area contributed by atoms with Crippen LogP contribution in [-0.4, -0.2) is 35.1 Å². The molecule has 0 bridgehead atoms. The van der Waals surface area contributed by atoms with E-state index in [2.05, 4.69) is 5.32 Å². The molecule has 0 aliphatic heterocycles. The van der Waals surface area contributed by atoms with Crippen molar-refractivity contribution in [3.05, 3.63) is 68.7 Å². The van der Waals surface area contributed by atoms with E-state index in [-0.39, 0.29) is 17.6 Å². The van der Waals surface area contributed by atoms with Gasteiger partial charge in [-0.3, -0.25) is 9.59 Å². The van der Waals surface area contributed by atoms with Gasteiger partial charge in [-0.25, -0.2) is 0 Å². The lowest BCUT2D eigenvalue weighted by Gasteiger charge is -2.29. The van der Waals surface area contributed by atoms with E-state index in [1.54, 1.807) is 42.2 Å². The van der Waals surface area contributed by atoms with Crippen molar-refractivity contribution in [2.45, 2.75) is 38.6 Å². The first-order valence-electron chi connectivity index (χ1n) is 9.65. The Morgan fingerprint density at radius 2 is 1.77 bits per heavy atom. The largest absolute Gasteiger partial charge is 0.354 e. The van der Waals surface area contributed by atoms with Crippen molar-refractivity contribution in [1.29, 1.82) is 0 Å². The molecule has 1 atom stereocenters. The molecule has 30 heavy (non-hydrogen) atoms. The normalized spacial score (nSPS) is 11.8. The maximum Gasteiger partial charge on any atom is 0.242 e. The Kier molecular flexibility index (Phi) is 10.3. The van der Waals surface area contributed by atoms with Crippen LogP contribution < -0.4 is 5.32 Å². The van der Waals surface area contributed by atoms with E-state index in [0.717, 1.165) is 17.5 Å². The van der Waals surface area contributed by atoms with E-state index in [1.807, 2.05) is 19.1 Å². The summed E-state index contributed by atoms with van der Waals surface area (Å²) in [7, 11) is 0. The molecular weight excluding hydrogens is 463 g/mol. The van der Waals surface area contributed by atoms with Crippen molar-refractivity contribution in [2.24, 2.45) is 0 Å². The van der Waals surface area contributed by atoms with Gasteiger partial charge in [0.2, 0.25) is 11.8 Å². The topological polar surface area (TPSA) is 49.4 Å². The van der Waals surface area contributed by atoms with Crippen molar-refractivity contribution in [3.63, 3.8) is 0 Å². The average molecular weight is 488 g/mol. The van der Waals surface area contributed by atoms with E-state index >= 15 is 0 Å². The zero-order valence-corrected chi connectivity index (χ0v) is 20.0. The smallest absolute Gasteiger partial charge is 0.242 e. The number of thioether (sulfide) groups is 1. The molecule has 0 fully saturated rings. The number of nitrogens with one attached hydrogen (secondary N) is 1. The minimum absolute atomic E-state index is 0.137. The molecule has 0 saturated heterocycles. The van der Waals surface area contributed by atoms with Gasteiger partial charge in [-0.1, -0.05) is 59.9 Å². The first kappa shape index (κ1) is 24.9. The van der Waals surface area contributed by atoms with Gasteiger partial charge in [-0.2, -0.15) is 0 Å². The zero-order chi connectivity index (χ0) is 22.1. The molecule has 0 spiro atoms. The van der Waals surface area contributed by atoms with Crippen molar-refractivity contribution in [1.82, 2.24) is 10.2 Å². The fourth-order valence-electron chi connectivity index (χ4n) is 2.80. The first-order valence-corrected chi connectivity index (χ1v) is 11.9. The molecule has 162 valence electrons. The summed E-state index contributed by atoms with van der Waals surface area (Å²) < 4.78 is 0. The summed E-state index contributed by atoms with van der Waals surface area (Å²) in [5.41, 5.74) is 1.67. The van der Waals surface area contributed by atoms with Gasteiger partial charge in [0.15, 0.2) is 0 Å². The molecular formula is C22H25Cl3N2O2S. The number of rotatable bonds is 10. The molecule has 0 aliphatic rings. The Balaban J connectivity index is 2.09. The first-order chi connectivity index (χ1) is 14.3. The Hall–Kier alpha value is -1.40. The second-order valence-corrected chi connectivity index (χ2v) is 9.05. The molecule has 2 aromatic rings. The lowest BCUT2D eigenvalue weighted by molar-refractivity contribution is -0.138. The van der Waals surface area contributed by atoms with Gasteiger partial charge in [0, 0.05) is 33.9 Å². The van der Waals surface area contributed by atoms with Crippen LogP contribution in [0.4, 0.5) is 0 Å². The van der Waals surface area contributed by atoms with Crippen LogP contribution in [0, 0.1) is 0 Å². The number of halogens is 3. The highest BCUT2D eigenvalue weighted by molar-refractivity contribution is 7.99. The Bertz CT molecular complexity index is 859. The standard InChI is InChI=1S/C22H25Cl3N2O2S/c1-3-10-26-22(29)15(2)27(12-16-6-4-7-17(23)11-16)21(28)14-30-13-18-19(24)8-5-9-20(18)25/h4-9,11,15H,3,10,12-14H2,1-2H3,(H,26,29). The number of hydrogen-bond acceptors (Lipinski definition) is 3. The predicted molar refractivity (Wildman–Crippen MR) is 127 cm³/mol. The SMILES string of the molecule is CCCNC(=O)C(C)N(Cc1cccc(Cl)c1)C(=O)CSCc1c(Cl)cccc1Cl. The number of benzene rings is 2. The van der Waals surface area contributed by atoms with Gasteiger partial charge in [-0.05, 0) is 48.7 Å². The van der Waals surface area contributed by atoms with Gasteiger partial charge in [0.05, 0.1) is 5.75 Å². The lowest BCUT2D eigenvalue weighted by atomic mass is 10.1. The zero-order valence-electron chi connectivity index (χ0n) is 17.0. The monoisotopic (exact) mass is 486 g/mol. The van der Waals surface area contributed by atoms with Crippen LogP contribution in [0.25, 0.3) is 0 Å². The maximum absolute atomic E-state index is 13.0. The summed E-state index contributed by atoms with van der Waals surface area (Å²) in [6, 6.07) is 12.0. The molecule has 2 aromatic carbocycles. The van der Waals surface area contributed by atoms with Crippen molar-refractivity contribution >= 4 is 58.4 Å². The van der Waals surface area contributed by atoms with Crippen LogP contribution in [-0.2, 0) is 21.9 Å². The fourth-order valence-corrected chi connectivity index (χ4v) is 4.66. The minimum atomic E-state index is -0.604. The summed E-state index contributed by atoms with van der Waals surface area (Å²) in [4.78, 5) is 27.1. The maximum atomic E-state index is 13.0. The van der Waals surface area contributed by atoms with Crippen LogP contribution in [0.1, 0.15) is 31.4 Å². The third kappa shape index (κ3) is 7.38. The summed E-state index contributed by atoms with van der Waals surface area (Å²) in [5.74, 6) is 0.396. The van der Waals surface area contributed by atoms with E-state index in [9.17, 15) is 9.59 Å². The molecule has 0 aromatic heterocycles. The highest BCUT2D eigenvalue weighted by Crippen LogP contribution is 2.28. The third-order valence-electron chi connectivity index (χ3n) is 4.49. The summed E-state index contributed by atoms with van der Waals surface area (Å²) in [6.45, 7) is 4.59. The molecule has 0 heterocycles. The number of nitrogens with zero attached hydrogens (tertiary/aromatic N) is 1. The average Bonchev–Trinajstić information content (AvgIpc) is 2.71. The summed E-state index contributed by atoms with van der Waals surface area (Å²) >= 11 is 19.9. The molecule has 1 N–H and O–H groups in total. The molecule has 8 heteroatoms. The Morgan fingerprint density at radius 3 is 2.40 bits per heavy atom. The Morgan fingerprint density at radius 1 is 1.10 bits per heavy atom. The molecule has 0 radical (unpaired) electrons. The number of carbonyl (C=O) groups is 2. The Labute approximate surface area is 197 Å². The molecule has 2 rings (SSSR count). The molecule has 0 saturated carbocycles. The van der Waals surface area contributed by atoms with E-state index in [1.165, 1.54) is 11.8 Å². The van der Waals surface area contributed by atoms with Gasteiger partial charge in [-0.15, -0.1) is 11.8 Å². The van der Waals surface area contributed by atoms with Gasteiger partial charge in [0.25, 0.3) is 0 Å². The summed E-state index contributed by atoms with van der Waals surface area (Å²) in [5, 5.41) is 4.60. The summed E-state index contributed by atoms with van der Waals surface area (Å²) in [6.07, 6.45) is 0.829. The van der Waals surface area contributed by atoms with Crippen molar-refractivity contribution < 1.29 is 9.59 Å². The molecule has 4 nitrogen and oxygen atoms in total. The highest BCUT2D eigenvalue weighted by atomic mass is 35.5. The van der Waals surface area contributed by atoms with Crippen molar-refractivity contribution in [3.8, 4) is 0 Å². The van der Waals surface area contributed by atoms with Crippen LogP contribution in [0.5, 0.6) is 0 Å². The van der Waals surface area contributed by atoms with Gasteiger partial charge < -0.3 is 10.2 Å². The third-order valence-corrected chi connectivity index (χ3v) is 6.38. The second-order valence-electron chi connectivity index (χ2n) is 6.81. The number of amides is 2. The number of carbonyl (C=O) groups excluding carboxylic acids is 2. The molecule has 1 unspecified atom stereocenters.